The summed E-state index contributed by atoms with van der Waals surface area (Å²) in [4.78, 5) is 5.60. The third-order valence-electron chi connectivity index (χ3n) is 5.04. The van der Waals surface area contributed by atoms with E-state index in [1.165, 1.54) is 16.4 Å². The minimum Gasteiger partial charge on any atom is -0.366 e. The lowest BCUT2D eigenvalue weighted by atomic mass is 10.1. The Morgan fingerprint density at radius 3 is 2.32 bits per heavy atom. The number of halogens is 1. The summed E-state index contributed by atoms with van der Waals surface area (Å²) in [6.45, 7) is 6.65. The lowest BCUT2D eigenvalue weighted by Crippen LogP contribution is -2.47. The van der Waals surface area contributed by atoms with Gasteiger partial charge in [0.05, 0.1) is 11.4 Å². The SMILES string of the molecule is Cc1ccc(-n2nc(C#N)c(N3CCN(c4ccccc4F)CC3)n2)c(C)c1. The summed E-state index contributed by atoms with van der Waals surface area (Å²) in [5.74, 6) is 0.366. The summed E-state index contributed by atoms with van der Waals surface area (Å²) in [5.41, 5.74) is 3.99. The third kappa shape index (κ3) is 3.29. The van der Waals surface area contributed by atoms with Gasteiger partial charge in [-0.1, -0.05) is 29.8 Å². The summed E-state index contributed by atoms with van der Waals surface area (Å²) >= 11 is 0. The van der Waals surface area contributed by atoms with Crippen LogP contribution >= 0.6 is 0 Å². The maximum absolute atomic E-state index is 14.0. The van der Waals surface area contributed by atoms with Gasteiger partial charge in [0.2, 0.25) is 5.69 Å². The predicted octanol–water partition coefficient (Wildman–Crippen LogP) is 3.22. The molecule has 7 heteroatoms. The van der Waals surface area contributed by atoms with Crippen LogP contribution in [-0.2, 0) is 0 Å². The molecule has 142 valence electrons. The lowest BCUT2D eigenvalue weighted by molar-refractivity contribution is 0.595. The van der Waals surface area contributed by atoms with Gasteiger partial charge < -0.3 is 9.80 Å². The molecule has 1 aromatic heterocycles. The molecule has 0 radical (unpaired) electrons. The van der Waals surface area contributed by atoms with Crippen LogP contribution in [0.15, 0.2) is 42.5 Å². The third-order valence-corrected chi connectivity index (χ3v) is 5.04. The number of aryl methyl sites for hydroxylation is 2. The molecule has 1 saturated heterocycles. The van der Waals surface area contributed by atoms with Crippen LogP contribution in [0.1, 0.15) is 16.8 Å². The van der Waals surface area contributed by atoms with Crippen molar-refractivity contribution in [1.82, 2.24) is 15.0 Å². The first-order chi connectivity index (χ1) is 13.6. The summed E-state index contributed by atoms with van der Waals surface area (Å²) < 4.78 is 14.0. The second kappa shape index (κ2) is 7.31. The van der Waals surface area contributed by atoms with Crippen molar-refractivity contribution in [2.75, 3.05) is 36.0 Å². The van der Waals surface area contributed by atoms with E-state index < -0.39 is 0 Å². The normalized spacial score (nSPS) is 14.2. The predicted molar refractivity (Wildman–Crippen MR) is 106 cm³/mol. The van der Waals surface area contributed by atoms with Gasteiger partial charge in [0.1, 0.15) is 11.9 Å². The van der Waals surface area contributed by atoms with E-state index in [-0.39, 0.29) is 5.82 Å². The second-order valence-electron chi connectivity index (χ2n) is 6.99. The molecule has 1 aliphatic rings. The fourth-order valence-corrected chi connectivity index (χ4v) is 3.59. The Morgan fingerprint density at radius 1 is 0.929 bits per heavy atom. The Bertz CT molecular complexity index is 1040. The molecule has 0 N–H and O–H groups in total. The minimum atomic E-state index is -0.213. The van der Waals surface area contributed by atoms with E-state index in [1.807, 2.05) is 41.8 Å². The van der Waals surface area contributed by atoms with Crippen LogP contribution in [0, 0.1) is 31.0 Å². The van der Waals surface area contributed by atoms with Gasteiger partial charge in [0.15, 0.2) is 5.82 Å². The summed E-state index contributed by atoms with van der Waals surface area (Å²) in [6, 6.07) is 15.0. The Labute approximate surface area is 163 Å². The Hall–Kier alpha value is -3.40. The standard InChI is InChI=1S/C21H21FN6/c1-15-7-8-19(16(2)13-15)28-24-18(14-23)21(25-28)27-11-9-26(10-12-27)20-6-4-3-5-17(20)22/h3-8,13H,9-12H2,1-2H3. The molecular weight excluding hydrogens is 355 g/mol. The van der Waals surface area contributed by atoms with E-state index in [0.717, 1.165) is 11.3 Å². The maximum atomic E-state index is 14.0. The van der Waals surface area contributed by atoms with Crippen molar-refractivity contribution in [2.45, 2.75) is 13.8 Å². The Balaban J connectivity index is 1.56. The molecule has 6 nitrogen and oxygen atoms in total. The number of aromatic nitrogens is 3. The number of anilines is 2. The zero-order chi connectivity index (χ0) is 19.7. The van der Waals surface area contributed by atoms with Crippen LogP contribution in [0.3, 0.4) is 0 Å². The average molecular weight is 376 g/mol. The van der Waals surface area contributed by atoms with Crippen LogP contribution in [0.5, 0.6) is 0 Å². The highest BCUT2D eigenvalue weighted by molar-refractivity contribution is 5.54. The number of nitriles is 1. The topological polar surface area (TPSA) is 61.0 Å². The second-order valence-corrected chi connectivity index (χ2v) is 6.99. The molecule has 2 heterocycles. The van der Waals surface area contributed by atoms with Crippen molar-refractivity contribution in [3.05, 3.63) is 65.1 Å². The van der Waals surface area contributed by atoms with Crippen LogP contribution in [0.25, 0.3) is 5.69 Å². The van der Waals surface area contributed by atoms with Gasteiger partial charge in [0, 0.05) is 26.2 Å². The molecule has 2 aromatic carbocycles. The molecule has 0 unspecified atom stereocenters. The number of hydrogen-bond donors (Lipinski definition) is 0. The van der Waals surface area contributed by atoms with Gasteiger partial charge in [-0.25, -0.2) is 4.39 Å². The van der Waals surface area contributed by atoms with E-state index in [0.29, 0.717) is 43.4 Å². The van der Waals surface area contributed by atoms with Crippen molar-refractivity contribution in [3.63, 3.8) is 0 Å². The molecule has 0 amide bonds. The van der Waals surface area contributed by atoms with Gasteiger partial charge in [-0.3, -0.25) is 0 Å². The number of nitrogens with zero attached hydrogens (tertiary/aromatic N) is 6. The van der Waals surface area contributed by atoms with Gasteiger partial charge in [-0.2, -0.15) is 5.26 Å². The Morgan fingerprint density at radius 2 is 1.64 bits per heavy atom. The summed E-state index contributed by atoms with van der Waals surface area (Å²) in [6.07, 6.45) is 0. The molecule has 1 fully saturated rings. The van der Waals surface area contributed by atoms with E-state index in [4.69, 9.17) is 0 Å². The fraction of sp³-hybridized carbons (Fsp3) is 0.286. The van der Waals surface area contributed by atoms with Crippen LogP contribution in [0.4, 0.5) is 15.9 Å². The number of para-hydroxylation sites is 1. The highest BCUT2D eigenvalue weighted by atomic mass is 19.1. The van der Waals surface area contributed by atoms with E-state index in [1.54, 1.807) is 12.1 Å². The number of hydrogen-bond acceptors (Lipinski definition) is 5. The fourth-order valence-electron chi connectivity index (χ4n) is 3.59. The number of benzene rings is 2. The molecule has 0 aliphatic carbocycles. The first-order valence-electron chi connectivity index (χ1n) is 9.26. The molecule has 0 atom stereocenters. The number of piperazine rings is 1. The van der Waals surface area contributed by atoms with E-state index in [9.17, 15) is 9.65 Å². The smallest absolute Gasteiger partial charge is 0.207 e. The van der Waals surface area contributed by atoms with Crippen LogP contribution in [-0.4, -0.2) is 41.2 Å². The summed E-state index contributed by atoms with van der Waals surface area (Å²) in [7, 11) is 0. The molecular formula is C21H21FN6. The average Bonchev–Trinajstić information content (AvgIpc) is 3.12. The Kier molecular flexibility index (Phi) is 4.70. The molecule has 0 saturated carbocycles. The largest absolute Gasteiger partial charge is 0.366 e. The first-order valence-corrected chi connectivity index (χ1v) is 9.26. The highest BCUT2D eigenvalue weighted by Crippen LogP contribution is 2.24. The maximum Gasteiger partial charge on any atom is 0.207 e. The zero-order valence-electron chi connectivity index (χ0n) is 15.9. The molecule has 0 bridgehead atoms. The van der Waals surface area contributed by atoms with Crippen molar-refractivity contribution in [2.24, 2.45) is 0 Å². The quantitative estimate of drug-likeness (QED) is 0.702. The van der Waals surface area contributed by atoms with Crippen molar-refractivity contribution in [3.8, 4) is 11.8 Å². The van der Waals surface area contributed by atoms with E-state index >= 15 is 0 Å². The molecule has 1 aliphatic heterocycles. The summed E-state index contributed by atoms with van der Waals surface area (Å²) in [5, 5.41) is 18.5. The van der Waals surface area contributed by atoms with Crippen LogP contribution < -0.4 is 9.80 Å². The lowest BCUT2D eigenvalue weighted by Gasteiger charge is -2.36. The molecule has 4 rings (SSSR count). The zero-order valence-corrected chi connectivity index (χ0v) is 15.9. The minimum absolute atomic E-state index is 0.213. The molecule has 0 spiro atoms. The first kappa shape index (κ1) is 18.0. The molecule has 3 aromatic rings. The van der Waals surface area contributed by atoms with Crippen molar-refractivity contribution >= 4 is 11.5 Å². The van der Waals surface area contributed by atoms with E-state index in [2.05, 4.69) is 22.3 Å². The van der Waals surface area contributed by atoms with Crippen molar-refractivity contribution < 1.29 is 4.39 Å². The monoisotopic (exact) mass is 376 g/mol. The van der Waals surface area contributed by atoms with Crippen molar-refractivity contribution in [1.29, 1.82) is 5.26 Å². The van der Waals surface area contributed by atoms with Gasteiger partial charge in [-0.15, -0.1) is 15.0 Å². The van der Waals surface area contributed by atoms with Gasteiger partial charge >= 0.3 is 0 Å². The highest BCUT2D eigenvalue weighted by Gasteiger charge is 2.24. The number of rotatable bonds is 3. The van der Waals surface area contributed by atoms with Crippen LogP contribution in [0.2, 0.25) is 0 Å². The van der Waals surface area contributed by atoms with Gasteiger partial charge in [0.25, 0.3) is 0 Å². The van der Waals surface area contributed by atoms with Gasteiger partial charge in [-0.05, 0) is 37.6 Å². The molecule has 28 heavy (non-hydrogen) atoms.